The van der Waals surface area contributed by atoms with Gasteiger partial charge in [-0.05, 0) is 30.7 Å². The topological polar surface area (TPSA) is 20.3 Å². The number of hydrogen-bond acceptors (Lipinski definition) is 1. The summed E-state index contributed by atoms with van der Waals surface area (Å²) >= 11 is 0. The highest BCUT2D eigenvalue weighted by Gasteiger charge is 2.28. The molecule has 2 nitrogen and oxygen atoms in total. The van der Waals surface area contributed by atoms with E-state index < -0.39 is 0 Å². The van der Waals surface area contributed by atoms with Crippen LogP contribution < -0.4 is 0 Å². The van der Waals surface area contributed by atoms with Crippen LogP contribution in [-0.2, 0) is 11.2 Å². The highest BCUT2D eigenvalue weighted by molar-refractivity contribution is 5.78. The first-order chi connectivity index (χ1) is 8.46. The van der Waals surface area contributed by atoms with Gasteiger partial charge in [0.25, 0.3) is 0 Å². The molecule has 0 aromatic heterocycles. The van der Waals surface area contributed by atoms with E-state index in [0.29, 0.717) is 6.42 Å². The van der Waals surface area contributed by atoms with Crippen LogP contribution in [0.2, 0.25) is 0 Å². The zero-order chi connectivity index (χ0) is 13.2. The smallest absolute Gasteiger partial charge is 0.227 e. The first kappa shape index (κ1) is 13.1. The molecule has 0 radical (unpaired) electrons. The van der Waals surface area contributed by atoms with Gasteiger partial charge in [-0.1, -0.05) is 43.7 Å². The van der Waals surface area contributed by atoms with Crippen molar-refractivity contribution in [2.45, 2.75) is 40.0 Å². The van der Waals surface area contributed by atoms with Gasteiger partial charge in [0.15, 0.2) is 0 Å². The van der Waals surface area contributed by atoms with Crippen molar-refractivity contribution >= 4 is 5.91 Å². The Morgan fingerprint density at radius 2 is 1.94 bits per heavy atom. The number of likely N-dealkylation sites (tertiary alicyclic amines) is 1. The molecule has 0 aliphatic carbocycles. The highest BCUT2D eigenvalue weighted by Crippen LogP contribution is 2.28. The Kier molecular flexibility index (Phi) is 3.74. The van der Waals surface area contributed by atoms with Gasteiger partial charge in [0.05, 0.1) is 6.42 Å². The standard InChI is InChI=1S/C16H23NO/c1-13-5-7-14(8-6-13)11-15(18)17-10-4-9-16(2,3)12-17/h5-8H,4,9-12H2,1-3H3. The Balaban J connectivity index is 1.97. The molecular weight excluding hydrogens is 222 g/mol. The summed E-state index contributed by atoms with van der Waals surface area (Å²) in [6.07, 6.45) is 2.89. The average molecular weight is 245 g/mol. The maximum absolute atomic E-state index is 12.3. The van der Waals surface area contributed by atoms with Crippen molar-refractivity contribution in [3.05, 3.63) is 35.4 Å². The number of carbonyl (C=O) groups excluding carboxylic acids is 1. The minimum atomic E-state index is 0.270. The number of hydrogen-bond donors (Lipinski definition) is 0. The van der Waals surface area contributed by atoms with Gasteiger partial charge in [-0.25, -0.2) is 0 Å². The summed E-state index contributed by atoms with van der Waals surface area (Å²) in [5.41, 5.74) is 2.64. The molecule has 1 aliphatic heterocycles. The van der Waals surface area contributed by atoms with Crippen LogP contribution in [0.5, 0.6) is 0 Å². The number of carbonyl (C=O) groups is 1. The molecule has 0 bridgehead atoms. The first-order valence-electron chi connectivity index (χ1n) is 6.80. The molecule has 1 amide bonds. The molecule has 0 spiro atoms. The van der Waals surface area contributed by atoms with E-state index in [1.807, 2.05) is 4.90 Å². The summed E-state index contributed by atoms with van der Waals surface area (Å²) < 4.78 is 0. The Hall–Kier alpha value is -1.31. The molecule has 98 valence electrons. The van der Waals surface area contributed by atoms with Gasteiger partial charge in [0.2, 0.25) is 5.91 Å². The van der Waals surface area contributed by atoms with E-state index >= 15 is 0 Å². The van der Waals surface area contributed by atoms with Crippen LogP contribution in [0.3, 0.4) is 0 Å². The predicted octanol–water partition coefficient (Wildman–Crippen LogP) is 3.19. The Morgan fingerprint density at radius 1 is 1.28 bits per heavy atom. The molecule has 1 heterocycles. The normalized spacial score (nSPS) is 18.7. The van der Waals surface area contributed by atoms with Gasteiger partial charge in [0, 0.05) is 13.1 Å². The summed E-state index contributed by atoms with van der Waals surface area (Å²) in [4.78, 5) is 14.3. The number of rotatable bonds is 2. The second kappa shape index (κ2) is 5.13. The van der Waals surface area contributed by atoms with E-state index in [0.717, 1.165) is 25.1 Å². The lowest BCUT2D eigenvalue weighted by Gasteiger charge is -2.38. The van der Waals surface area contributed by atoms with Gasteiger partial charge in [-0.15, -0.1) is 0 Å². The largest absolute Gasteiger partial charge is 0.342 e. The number of amides is 1. The zero-order valence-corrected chi connectivity index (χ0v) is 11.7. The summed E-state index contributed by atoms with van der Waals surface area (Å²) in [5.74, 6) is 0.270. The summed E-state index contributed by atoms with van der Waals surface area (Å²) in [6, 6.07) is 8.26. The van der Waals surface area contributed by atoms with E-state index in [-0.39, 0.29) is 11.3 Å². The van der Waals surface area contributed by atoms with Crippen molar-refractivity contribution in [3.8, 4) is 0 Å². The number of piperidine rings is 1. The van der Waals surface area contributed by atoms with Crippen LogP contribution in [0.4, 0.5) is 0 Å². The summed E-state index contributed by atoms with van der Waals surface area (Å²) in [7, 11) is 0. The average Bonchev–Trinajstić information content (AvgIpc) is 2.31. The molecule has 1 aliphatic rings. The van der Waals surface area contributed by atoms with E-state index in [9.17, 15) is 4.79 Å². The second-order valence-corrected chi connectivity index (χ2v) is 6.25. The minimum absolute atomic E-state index is 0.270. The second-order valence-electron chi connectivity index (χ2n) is 6.25. The molecule has 0 atom stereocenters. The molecule has 0 unspecified atom stereocenters. The maximum Gasteiger partial charge on any atom is 0.227 e. The Bertz CT molecular complexity index is 419. The molecular formula is C16H23NO. The van der Waals surface area contributed by atoms with Crippen LogP contribution >= 0.6 is 0 Å². The van der Waals surface area contributed by atoms with Gasteiger partial charge >= 0.3 is 0 Å². The van der Waals surface area contributed by atoms with E-state index in [2.05, 4.69) is 45.0 Å². The van der Waals surface area contributed by atoms with Gasteiger partial charge in [-0.2, -0.15) is 0 Å². The number of nitrogens with zero attached hydrogens (tertiary/aromatic N) is 1. The van der Waals surface area contributed by atoms with E-state index in [4.69, 9.17) is 0 Å². The Labute approximate surface area is 110 Å². The minimum Gasteiger partial charge on any atom is -0.342 e. The molecule has 1 aromatic rings. The molecule has 2 rings (SSSR count). The van der Waals surface area contributed by atoms with Crippen molar-refractivity contribution in [2.75, 3.05) is 13.1 Å². The van der Waals surface area contributed by atoms with Crippen LogP contribution in [0.25, 0.3) is 0 Å². The number of aryl methyl sites for hydroxylation is 1. The third-order valence-electron chi connectivity index (χ3n) is 3.73. The van der Waals surface area contributed by atoms with Crippen molar-refractivity contribution in [1.29, 1.82) is 0 Å². The van der Waals surface area contributed by atoms with Crippen LogP contribution in [-0.4, -0.2) is 23.9 Å². The summed E-state index contributed by atoms with van der Waals surface area (Å²) in [6.45, 7) is 8.39. The van der Waals surface area contributed by atoms with Crippen LogP contribution in [0.1, 0.15) is 37.8 Å². The molecule has 2 heteroatoms. The number of benzene rings is 1. The molecule has 1 fully saturated rings. The molecule has 1 aromatic carbocycles. The lowest BCUT2D eigenvalue weighted by Crippen LogP contribution is -2.44. The Morgan fingerprint density at radius 3 is 2.56 bits per heavy atom. The third-order valence-corrected chi connectivity index (χ3v) is 3.73. The SMILES string of the molecule is Cc1ccc(CC(=O)N2CCCC(C)(C)C2)cc1. The van der Waals surface area contributed by atoms with Crippen LogP contribution in [0.15, 0.2) is 24.3 Å². The van der Waals surface area contributed by atoms with Crippen molar-refractivity contribution in [3.63, 3.8) is 0 Å². The molecule has 0 N–H and O–H groups in total. The quantitative estimate of drug-likeness (QED) is 0.783. The van der Waals surface area contributed by atoms with Crippen LogP contribution in [0, 0.1) is 12.3 Å². The fraction of sp³-hybridized carbons (Fsp3) is 0.562. The maximum atomic E-state index is 12.3. The first-order valence-corrected chi connectivity index (χ1v) is 6.80. The van der Waals surface area contributed by atoms with E-state index in [1.165, 1.54) is 12.0 Å². The predicted molar refractivity (Wildman–Crippen MR) is 74.5 cm³/mol. The van der Waals surface area contributed by atoms with Crippen molar-refractivity contribution in [2.24, 2.45) is 5.41 Å². The molecule has 0 saturated carbocycles. The van der Waals surface area contributed by atoms with Gasteiger partial charge in [0.1, 0.15) is 0 Å². The molecule has 1 saturated heterocycles. The lowest BCUT2D eigenvalue weighted by molar-refractivity contribution is -0.133. The van der Waals surface area contributed by atoms with E-state index in [1.54, 1.807) is 0 Å². The lowest BCUT2D eigenvalue weighted by atomic mass is 9.84. The zero-order valence-electron chi connectivity index (χ0n) is 11.7. The summed E-state index contributed by atoms with van der Waals surface area (Å²) in [5, 5.41) is 0. The van der Waals surface area contributed by atoms with Gasteiger partial charge < -0.3 is 4.90 Å². The fourth-order valence-corrected chi connectivity index (χ4v) is 2.63. The van der Waals surface area contributed by atoms with Crippen molar-refractivity contribution in [1.82, 2.24) is 4.90 Å². The van der Waals surface area contributed by atoms with Crippen molar-refractivity contribution < 1.29 is 4.79 Å². The molecule has 18 heavy (non-hydrogen) atoms. The highest BCUT2D eigenvalue weighted by atomic mass is 16.2. The third kappa shape index (κ3) is 3.34. The fourth-order valence-electron chi connectivity index (χ4n) is 2.63. The van der Waals surface area contributed by atoms with Gasteiger partial charge in [-0.3, -0.25) is 4.79 Å². The monoisotopic (exact) mass is 245 g/mol.